The predicted molar refractivity (Wildman–Crippen MR) is 129 cm³/mol. The third kappa shape index (κ3) is 4.11. The van der Waals surface area contributed by atoms with Gasteiger partial charge in [0, 0.05) is 17.9 Å². The Balaban J connectivity index is 1.85. The van der Waals surface area contributed by atoms with Crippen LogP contribution in [0.15, 0.2) is 66.8 Å². The van der Waals surface area contributed by atoms with Crippen LogP contribution in [0.2, 0.25) is 0 Å². The van der Waals surface area contributed by atoms with E-state index in [2.05, 4.69) is 18.8 Å². The van der Waals surface area contributed by atoms with E-state index in [-0.39, 0.29) is 29.7 Å². The first-order valence-electron chi connectivity index (χ1n) is 12.1. The van der Waals surface area contributed by atoms with Crippen LogP contribution in [-0.4, -0.2) is 45.1 Å². The molecular formula is C28H37NO4. The highest BCUT2D eigenvalue weighted by Gasteiger charge is 2.67. The van der Waals surface area contributed by atoms with E-state index in [1.807, 2.05) is 49.4 Å². The monoisotopic (exact) mass is 451 g/mol. The second-order valence-corrected chi connectivity index (χ2v) is 10.7. The number of carbonyl (C=O) groups excluding carboxylic acids is 1. The minimum absolute atomic E-state index is 0.176. The molecule has 4 rings (SSSR count). The minimum atomic E-state index is -1.25. The maximum Gasteiger partial charge on any atom is 0.230 e. The van der Waals surface area contributed by atoms with E-state index in [9.17, 15) is 20.1 Å². The van der Waals surface area contributed by atoms with Gasteiger partial charge in [-0.3, -0.25) is 4.79 Å². The molecular weight excluding hydrogens is 414 g/mol. The van der Waals surface area contributed by atoms with Crippen molar-refractivity contribution in [3.63, 3.8) is 0 Å². The van der Waals surface area contributed by atoms with Crippen molar-refractivity contribution < 1.29 is 20.1 Å². The molecule has 1 heterocycles. The van der Waals surface area contributed by atoms with Gasteiger partial charge in [-0.05, 0) is 49.2 Å². The van der Waals surface area contributed by atoms with Crippen molar-refractivity contribution in [1.82, 2.24) is 5.32 Å². The van der Waals surface area contributed by atoms with Gasteiger partial charge in [0.05, 0.1) is 23.2 Å². The summed E-state index contributed by atoms with van der Waals surface area (Å²) in [5, 5.41) is 37.0. The number of hydrogen-bond donors (Lipinski definition) is 4. The smallest absolute Gasteiger partial charge is 0.230 e. The van der Waals surface area contributed by atoms with Crippen molar-refractivity contribution >= 4 is 5.91 Å². The molecule has 1 saturated heterocycles. The number of benzene rings is 1. The van der Waals surface area contributed by atoms with Gasteiger partial charge in [0.25, 0.3) is 0 Å². The molecule has 0 aromatic heterocycles. The van der Waals surface area contributed by atoms with E-state index in [0.29, 0.717) is 24.8 Å². The maximum absolute atomic E-state index is 13.8. The Bertz CT molecular complexity index is 952. The van der Waals surface area contributed by atoms with Crippen LogP contribution in [0.3, 0.4) is 0 Å². The molecule has 2 aliphatic carbocycles. The maximum atomic E-state index is 13.8. The third-order valence-electron chi connectivity index (χ3n) is 8.16. The van der Waals surface area contributed by atoms with E-state index in [4.69, 9.17) is 0 Å². The zero-order chi connectivity index (χ0) is 24.0. The van der Waals surface area contributed by atoms with Crippen molar-refractivity contribution in [2.24, 2.45) is 29.1 Å². The summed E-state index contributed by atoms with van der Waals surface area (Å²) >= 11 is 0. The molecule has 1 amide bonds. The van der Waals surface area contributed by atoms with Crippen molar-refractivity contribution in [3.8, 4) is 0 Å². The molecule has 3 aliphatic rings. The van der Waals surface area contributed by atoms with Crippen LogP contribution in [0.5, 0.6) is 0 Å². The van der Waals surface area contributed by atoms with Gasteiger partial charge in [-0.1, -0.05) is 75.1 Å². The molecule has 1 spiro atoms. The molecule has 4 N–H and O–H groups in total. The first-order valence-corrected chi connectivity index (χ1v) is 12.1. The lowest BCUT2D eigenvalue weighted by Crippen LogP contribution is -2.59. The second kappa shape index (κ2) is 8.86. The highest BCUT2D eigenvalue weighted by molar-refractivity contribution is 5.88. The van der Waals surface area contributed by atoms with Crippen LogP contribution in [0.4, 0.5) is 0 Å². The van der Waals surface area contributed by atoms with Crippen LogP contribution in [0, 0.1) is 29.1 Å². The lowest BCUT2D eigenvalue weighted by atomic mass is 9.51. The summed E-state index contributed by atoms with van der Waals surface area (Å²) < 4.78 is 0. The lowest BCUT2D eigenvalue weighted by molar-refractivity contribution is -0.147. The number of allylic oxidation sites excluding steroid dienone is 1. The van der Waals surface area contributed by atoms with Crippen molar-refractivity contribution in [3.05, 3.63) is 72.4 Å². The number of hydrogen-bond acceptors (Lipinski definition) is 4. The summed E-state index contributed by atoms with van der Waals surface area (Å²) in [6.07, 6.45) is 6.88. The summed E-state index contributed by atoms with van der Waals surface area (Å²) in [5.41, 5.74) is -0.544. The Labute approximate surface area is 196 Å². The standard InChI is InChI=1S/C28H37NO4/c1-17-9-8-12-21-25(31)19(3)18(2)24-22(15-20-10-6-5-7-11-20)29-26(32)28(21,24)23(30)13-14-27(4,33)16-17/h5-8,10-14,17-18,21-25,30-31,33H,3,9,15-16H2,1-2,4H3,(H,29,32)/b12-8+,14-13+/t17-,18+,21-,22-,23+,24-,25+,27-,28+/m0/s1. The van der Waals surface area contributed by atoms with Gasteiger partial charge >= 0.3 is 0 Å². The van der Waals surface area contributed by atoms with Crippen LogP contribution in [0.1, 0.15) is 39.2 Å². The van der Waals surface area contributed by atoms with Crippen molar-refractivity contribution in [2.75, 3.05) is 0 Å². The highest BCUT2D eigenvalue weighted by atomic mass is 16.3. The van der Waals surface area contributed by atoms with E-state index in [0.717, 1.165) is 5.56 Å². The Morgan fingerprint density at radius 2 is 1.85 bits per heavy atom. The zero-order valence-corrected chi connectivity index (χ0v) is 19.8. The Hall–Kier alpha value is -2.21. The van der Waals surface area contributed by atoms with E-state index in [1.54, 1.807) is 19.1 Å². The largest absolute Gasteiger partial charge is 0.388 e. The predicted octanol–water partition coefficient (Wildman–Crippen LogP) is 3.17. The molecule has 1 aromatic carbocycles. The number of nitrogens with one attached hydrogen (secondary N) is 1. The fourth-order valence-corrected chi connectivity index (χ4v) is 6.61. The average Bonchev–Trinajstić information content (AvgIpc) is 3.04. The van der Waals surface area contributed by atoms with Gasteiger partial charge in [-0.2, -0.15) is 0 Å². The first-order chi connectivity index (χ1) is 15.6. The topological polar surface area (TPSA) is 89.8 Å². The number of amides is 1. The van der Waals surface area contributed by atoms with Crippen LogP contribution >= 0.6 is 0 Å². The van der Waals surface area contributed by atoms with Crippen LogP contribution in [0.25, 0.3) is 0 Å². The molecule has 5 nitrogen and oxygen atoms in total. The molecule has 1 aromatic rings. The molecule has 178 valence electrons. The molecule has 33 heavy (non-hydrogen) atoms. The summed E-state index contributed by atoms with van der Waals surface area (Å²) in [6, 6.07) is 9.80. The normalized spacial score (nSPS) is 45.3. The second-order valence-electron chi connectivity index (χ2n) is 10.7. The summed E-state index contributed by atoms with van der Waals surface area (Å²) in [5.74, 6) is -1.09. The summed E-state index contributed by atoms with van der Waals surface area (Å²) in [6.45, 7) is 10.00. The molecule has 2 fully saturated rings. The van der Waals surface area contributed by atoms with Gasteiger partial charge < -0.3 is 20.6 Å². The van der Waals surface area contributed by atoms with E-state index in [1.165, 1.54) is 0 Å². The molecule has 5 heteroatoms. The molecule has 1 aliphatic heterocycles. The van der Waals surface area contributed by atoms with Crippen molar-refractivity contribution in [1.29, 1.82) is 0 Å². The van der Waals surface area contributed by atoms with Gasteiger partial charge in [-0.15, -0.1) is 0 Å². The fourth-order valence-electron chi connectivity index (χ4n) is 6.61. The Kier molecular flexibility index (Phi) is 6.43. The number of aliphatic hydroxyl groups is 3. The van der Waals surface area contributed by atoms with E-state index < -0.39 is 29.1 Å². The molecule has 9 atom stereocenters. The highest BCUT2D eigenvalue weighted by Crippen LogP contribution is 2.57. The van der Waals surface area contributed by atoms with Gasteiger partial charge in [0.2, 0.25) is 5.91 Å². The van der Waals surface area contributed by atoms with Gasteiger partial charge in [0.1, 0.15) is 0 Å². The first kappa shape index (κ1) is 23.9. The molecule has 1 saturated carbocycles. The third-order valence-corrected chi connectivity index (χ3v) is 8.16. The number of aliphatic hydroxyl groups excluding tert-OH is 2. The van der Waals surface area contributed by atoms with Gasteiger partial charge in [-0.25, -0.2) is 0 Å². The lowest BCUT2D eigenvalue weighted by Gasteiger charge is -2.51. The van der Waals surface area contributed by atoms with E-state index >= 15 is 0 Å². The zero-order valence-electron chi connectivity index (χ0n) is 19.8. The van der Waals surface area contributed by atoms with Crippen LogP contribution < -0.4 is 5.32 Å². The van der Waals surface area contributed by atoms with Gasteiger partial charge in [0.15, 0.2) is 0 Å². The van der Waals surface area contributed by atoms with Crippen molar-refractivity contribution in [2.45, 2.75) is 63.9 Å². The average molecular weight is 452 g/mol. The Morgan fingerprint density at radius 3 is 2.55 bits per heavy atom. The summed E-state index contributed by atoms with van der Waals surface area (Å²) in [7, 11) is 0. The van der Waals surface area contributed by atoms with Crippen LogP contribution in [-0.2, 0) is 11.2 Å². The Morgan fingerprint density at radius 1 is 1.15 bits per heavy atom. The molecule has 0 radical (unpaired) electrons. The number of rotatable bonds is 2. The SMILES string of the molecule is C=C1[C@@H](C)[C@H]2[C@H](Cc3ccccc3)NC(=O)[C@]23[C@H](O)/C=C/[C@](C)(O)C[C@@H](C)C/C=C/[C@H]3[C@@H]1O. The number of carbonyl (C=O) groups is 1. The molecule has 0 bridgehead atoms. The minimum Gasteiger partial charge on any atom is -0.388 e. The summed E-state index contributed by atoms with van der Waals surface area (Å²) in [4.78, 5) is 13.8. The fraction of sp³-hybridized carbons (Fsp3) is 0.536. The quantitative estimate of drug-likeness (QED) is 0.520. The molecule has 0 unspecified atom stereocenters.